The maximum absolute atomic E-state index is 11.4. The van der Waals surface area contributed by atoms with Crippen molar-refractivity contribution in [3.8, 4) is 22.9 Å². The molecule has 25 heavy (non-hydrogen) atoms. The fourth-order valence-electron chi connectivity index (χ4n) is 2.50. The first-order valence-corrected chi connectivity index (χ1v) is 7.34. The van der Waals surface area contributed by atoms with Gasteiger partial charge in [-0.15, -0.1) is 12.4 Å². The molecule has 0 saturated carbocycles. The molecule has 0 amide bonds. The van der Waals surface area contributed by atoms with E-state index in [0.717, 1.165) is 0 Å². The number of ether oxygens (including phenoxy) is 1. The van der Waals surface area contributed by atoms with Crippen molar-refractivity contribution in [1.29, 1.82) is 0 Å². The third-order valence-corrected chi connectivity index (χ3v) is 3.66. The molecule has 0 bridgehead atoms. The lowest BCUT2D eigenvalue weighted by atomic mass is 10.2. The first-order valence-electron chi connectivity index (χ1n) is 7.34. The lowest BCUT2D eigenvalue weighted by Crippen LogP contribution is -2.07. The van der Waals surface area contributed by atoms with E-state index in [9.17, 15) is 15.0 Å². The van der Waals surface area contributed by atoms with Crippen molar-refractivity contribution in [1.82, 2.24) is 9.78 Å². The third-order valence-electron chi connectivity index (χ3n) is 3.66. The normalized spacial score (nSPS) is 10.2. The van der Waals surface area contributed by atoms with Crippen molar-refractivity contribution in [2.75, 3.05) is 0 Å². The Morgan fingerprint density at radius 2 is 1.72 bits per heavy atom. The molecule has 0 aliphatic rings. The van der Waals surface area contributed by atoms with Crippen LogP contribution in [0.25, 0.3) is 5.69 Å². The van der Waals surface area contributed by atoms with Crippen LogP contribution in [0.15, 0.2) is 48.5 Å². The highest BCUT2D eigenvalue weighted by molar-refractivity contribution is 5.91. The van der Waals surface area contributed by atoms with Gasteiger partial charge in [-0.1, -0.05) is 24.3 Å². The second-order valence-electron chi connectivity index (χ2n) is 5.30. The van der Waals surface area contributed by atoms with Crippen LogP contribution in [0.3, 0.4) is 0 Å². The van der Waals surface area contributed by atoms with Crippen molar-refractivity contribution in [2.24, 2.45) is 0 Å². The summed E-state index contributed by atoms with van der Waals surface area (Å²) in [5.74, 6) is -0.206. The van der Waals surface area contributed by atoms with Gasteiger partial charge in [-0.2, -0.15) is 5.10 Å². The summed E-state index contributed by atoms with van der Waals surface area (Å²) in [4.78, 5) is 11.4. The van der Waals surface area contributed by atoms with Crippen LogP contribution in [0.4, 0.5) is 0 Å². The quantitative estimate of drug-likeness (QED) is 0.731. The Labute approximate surface area is 150 Å². The van der Waals surface area contributed by atoms with Gasteiger partial charge in [-0.25, -0.2) is 9.48 Å². The fourth-order valence-corrected chi connectivity index (χ4v) is 2.50. The van der Waals surface area contributed by atoms with E-state index in [1.165, 1.54) is 16.8 Å². The second-order valence-corrected chi connectivity index (χ2v) is 5.30. The molecule has 0 fully saturated rings. The molecule has 2 N–H and O–H groups in total. The Balaban J connectivity index is 0.00000225. The average Bonchev–Trinajstić information content (AvgIpc) is 2.85. The zero-order valence-electron chi connectivity index (χ0n) is 13.6. The predicted octanol–water partition coefficient (Wildman–Crippen LogP) is 4.11. The molecule has 0 aliphatic carbocycles. The standard InChI is InChI=1S/C18H16N2O4.ClH/c1-11-17(24-16-10-6-5-9-15(16)21)12(2)20(19-11)14-8-4-3-7-13(14)18(22)23;/h3-10,21H,1-2H3,(H,22,23);1H. The van der Waals surface area contributed by atoms with Crippen LogP contribution < -0.4 is 4.74 Å². The monoisotopic (exact) mass is 360 g/mol. The Morgan fingerprint density at radius 1 is 1.08 bits per heavy atom. The summed E-state index contributed by atoms with van der Waals surface area (Å²) >= 11 is 0. The molecule has 1 heterocycles. The molecule has 0 unspecified atom stereocenters. The van der Waals surface area contributed by atoms with Gasteiger partial charge in [0.25, 0.3) is 0 Å². The highest BCUT2D eigenvalue weighted by Gasteiger charge is 2.19. The number of phenols is 1. The molecule has 3 rings (SSSR count). The highest BCUT2D eigenvalue weighted by atomic mass is 35.5. The van der Waals surface area contributed by atoms with Crippen molar-refractivity contribution in [3.05, 3.63) is 65.5 Å². The highest BCUT2D eigenvalue weighted by Crippen LogP contribution is 2.34. The van der Waals surface area contributed by atoms with Crippen molar-refractivity contribution in [2.45, 2.75) is 13.8 Å². The number of benzene rings is 2. The molecule has 3 aromatic rings. The zero-order chi connectivity index (χ0) is 17.3. The number of carboxylic acid groups (broad SMARTS) is 1. The molecule has 130 valence electrons. The first kappa shape index (κ1) is 18.4. The van der Waals surface area contributed by atoms with E-state index in [4.69, 9.17) is 4.74 Å². The molecular weight excluding hydrogens is 344 g/mol. The maximum atomic E-state index is 11.4. The van der Waals surface area contributed by atoms with E-state index in [1.807, 2.05) is 0 Å². The first-order chi connectivity index (χ1) is 11.5. The molecule has 0 radical (unpaired) electrons. The number of aromatic carboxylic acids is 1. The Morgan fingerprint density at radius 3 is 2.40 bits per heavy atom. The average molecular weight is 361 g/mol. The van der Waals surface area contributed by atoms with Crippen molar-refractivity contribution >= 4 is 18.4 Å². The minimum atomic E-state index is -1.03. The number of aromatic hydroxyl groups is 1. The number of aryl methyl sites for hydroxylation is 1. The van der Waals surface area contributed by atoms with E-state index >= 15 is 0 Å². The molecule has 0 aliphatic heterocycles. The van der Waals surface area contributed by atoms with Crippen LogP contribution in [0.2, 0.25) is 0 Å². The molecule has 2 aromatic carbocycles. The smallest absolute Gasteiger partial charge is 0.337 e. The third kappa shape index (κ3) is 3.44. The van der Waals surface area contributed by atoms with Gasteiger partial charge >= 0.3 is 5.97 Å². The summed E-state index contributed by atoms with van der Waals surface area (Å²) in [5.41, 5.74) is 1.84. The van der Waals surface area contributed by atoms with Gasteiger partial charge < -0.3 is 14.9 Å². The maximum Gasteiger partial charge on any atom is 0.337 e. The number of hydrogen-bond donors (Lipinski definition) is 2. The summed E-state index contributed by atoms with van der Waals surface area (Å²) < 4.78 is 7.33. The SMILES string of the molecule is Cc1nn(-c2ccccc2C(=O)O)c(C)c1Oc1ccccc1O.Cl. The van der Waals surface area contributed by atoms with Crippen LogP contribution in [-0.4, -0.2) is 26.0 Å². The van der Waals surface area contributed by atoms with Crippen LogP contribution in [0.5, 0.6) is 17.2 Å². The van der Waals surface area contributed by atoms with Gasteiger partial charge in [0.2, 0.25) is 0 Å². The van der Waals surface area contributed by atoms with E-state index in [0.29, 0.717) is 28.6 Å². The summed E-state index contributed by atoms with van der Waals surface area (Å²) in [5, 5.41) is 23.6. The molecular formula is C18H17ClN2O4. The predicted molar refractivity (Wildman–Crippen MR) is 95.4 cm³/mol. The lowest BCUT2D eigenvalue weighted by molar-refractivity contribution is 0.0696. The van der Waals surface area contributed by atoms with Gasteiger partial charge in [-0.05, 0) is 38.1 Å². The molecule has 6 nitrogen and oxygen atoms in total. The summed E-state index contributed by atoms with van der Waals surface area (Å²) in [6, 6.07) is 13.3. The number of para-hydroxylation sites is 3. The van der Waals surface area contributed by atoms with Gasteiger partial charge in [0.05, 0.1) is 16.9 Å². The number of hydrogen-bond acceptors (Lipinski definition) is 4. The van der Waals surface area contributed by atoms with Crippen LogP contribution >= 0.6 is 12.4 Å². The van der Waals surface area contributed by atoms with Gasteiger partial charge in [0.1, 0.15) is 5.69 Å². The molecule has 0 atom stereocenters. The minimum Gasteiger partial charge on any atom is -0.504 e. The van der Waals surface area contributed by atoms with Crippen molar-refractivity contribution < 1.29 is 19.7 Å². The number of halogens is 1. The molecule has 7 heteroatoms. The largest absolute Gasteiger partial charge is 0.504 e. The summed E-state index contributed by atoms with van der Waals surface area (Å²) in [6.07, 6.45) is 0. The van der Waals surface area contributed by atoms with Gasteiger partial charge in [-0.3, -0.25) is 0 Å². The Bertz CT molecular complexity index is 921. The number of aromatic nitrogens is 2. The fraction of sp³-hybridized carbons (Fsp3) is 0.111. The second kappa shape index (κ2) is 7.27. The molecule has 1 aromatic heterocycles. The van der Waals surface area contributed by atoms with E-state index in [-0.39, 0.29) is 23.7 Å². The summed E-state index contributed by atoms with van der Waals surface area (Å²) in [7, 11) is 0. The molecule has 0 spiro atoms. The minimum absolute atomic E-state index is 0. The van der Waals surface area contributed by atoms with Crippen molar-refractivity contribution in [3.63, 3.8) is 0 Å². The van der Waals surface area contributed by atoms with E-state index in [1.54, 1.807) is 50.2 Å². The van der Waals surface area contributed by atoms with Gasteiger partial charge in [0, 0.05) is 0 Å². The number of nitrogens with zero attached hydrogens (tertiary/aromatic N) is 2. The number of carboxylic acids is 1. The Hall–Kier alpha value is -2.99. The van der Waals surface area contributed by atoms with Crippen LogP contribution in [-0.2, 0) is 0 Å². The van der Waals surface area contributed by atoms with Crippen LogP contribution in [0.1, 0.15) is 21.7 Å². The van der Waals surface area contributed by atoms with Gasteiger partial charge in [0.15, 0.2) is 17.2 Å². The van der Waals surface area contributed by atoms with E-state index in [2.05, 4.69) is 5.10 Å². The van der Waals surface area contributed by atoms with Crippen LogP contribution in [0, 0.1) is 13.8 Å². The zero-order valence-corrected chi connectivity index (χ0v) is 14.4. The number of phenolic OH excluding ortho intramolecular Hbond substituents is 1. The topological polar surface area (TPSA) is 84.6 Å². The number of rotatable bonds is 4. The summed E-state index contributed by atoms with van der Waals surface area (Å²) in [6.45, 7) is 3.55. The number of carbonyl (C=O) groups is 1. The Kier molecular flexibility index (Phi) is 5.34. The lowest BCUT2D eigenvalue weighted by Gasteiger charge is -2.10. The van der Waals surface area contributed by atoms with E-state index < -0.39 is 5.97 Å². The molecule has 0 saturated heterocycles.